The van der Waals surface area contributed by atoms with E-state index in [2.05, 4.69) is 61.7 Å². The van der Waals surface area contributed by atoms with E-state index in [0.29, 0.717) is 17.8 Å². The number of benzene rings is 2. The SMILES string of the molecule is [C-]#[N+]C(C#N)=C1C=C(C=Cc2cc3c4c(c2)C(C)(C)CCN4CCC3(C)C)OC(C)(c2ccccc2)C1. The van der Waals surface area contributed by atoms with Gasteiger partial charge in [-0.15, -0.1) is 0 Å². The van der Waals surface area contributed by atoms with E-state index in [1.807, 2.05) is 49.4 Å². The first-order chi connectivity index (χ1) is 17.6. The van der Waals surface area contributed by atoms with Crippen LogP contribution in [0, 0.1) is 17.9 Å². The van der Waals surface area contributed by atoms with Gasteiger partial charge in [0.25, 0.3) is 5.70 Å². The van der Waals surface area contributed by atoms with E-state index in [1.54, 1.807) is 0 Å². The molecular formula is C33H35N3O. The fourth-order valence-corrected chi connectivity index (χ4v) is 6.00. The van der Waals surface area contributed by atoms with Crippen molar-refractivity contribution in [3.8, 4) is 6.07 Å². The maximum Gasteiger partial charge on any atom is 0.265 e. The Balaban J connectivity index is 1.59. The van der Waals surface area contributed by atoms with Crippen LogP contribution in [0.1, 0.15) is 76.1 Å². The van der Waals surface area contributed by atoms with Gasteiger partial charge in [-0.2, -0.15) is 0 Å². The Morgan fingerprint density at radius 3 is 2.19 bits per heavy atom. The Bertz CT molecular complexity index is 1350. The maximum absolute atomic E-state index is 9.59. The number of hydrogen-bond acceptors (Lipinski definition) is 3. The molecule has 0 saturated carbocycles. The van der Waals surface area contributed by atoms with E-state index in [4.69, 9.17) is 11.3 Å². The molecule has 0 aliphatic carbocycles. The Hall–Kier alpha value is -3.76. The van der Waals surface area contributed by atoms with Gasteiger partial charge in [0.1, 0.15) is 11.4 Å². The molecule has 1 atom stereocenters. The molecule has 0 saturated heterocycles. The van der Waals surface area contributed by atoms with Crippen molar-refractivity contribution in [2.45, 2.75) is 70.3 Å². The molecule has 0 radical (unpaired) electrons. The van der Waals surface area contributed by atoms with Crippen LogP contribution in [0.15, 0.2) is 71.6 Å². The van der Waals surface area contributed by atoms with Crippen molar-refractivity contribution in [2.75, 3.05) is 18.0 Å². The summed E-state index contributed by atoms with van der Waals surface area (Å²) in [4.78, 5) is 6.08. The molecule has 0 bridgehead atoms. The fourth-order valence-electron chi connectivity index (χ4n) is 6.00. The summed E-state index contributed by atoms with van der Waals surface area (Å²) in [6, 6.07) is 16.8. The normalized spacial score (nSPS) is 24.8. The molecule has 2 aromatic carbocycles. The second kappa shape index (κ2) is 8.97. The molecular weight excluding hydrogens is 454 g/mol. The number of nitriles is 1. The summed E-state index contributed by atoms with van der Waals surface area (Å²) in [5.41, 5.74) is 6.90. The lowest BCUT2D eigenvalue weighted by Crippen LogP contribution is -2.44. The van der Waals surface area contributed by atoms with Gasteiger partial charge in [-0.1, -0.05) is 64.1 Å². The molecule has 4 nitrogen and oxygen atoms in total. The van der Waals surface area contributed by atoms with Crippen LogP contribution in [0.25, 0.3) is 10.9 Å². The van der Waals surface area contributed by atoms with Gasteiger partial charge in [-0.3, -0.25) is 0 Å². The van der Waals surface area contributed by atoms with Gasteiger partial charge >= 0.3 is 0 Å². The van der Waals surface area contributed by atoms with Gasteiger partial charge in [0.05, 0.1) is 12.6 Å². The zero-order chi connectivity index (χ0) is 26.4. The Labute approximate surface area is 221 Å². The molecule has 5 rings (SSSR count). The molecule has 3 heterocycles. The summed E-state index contributed by atoms with van der Waals surface area (Å²) in [5, 5.41) is 9.59. The first kappa shape index (κ1) is 24.9. The summed E-state index contributed by atoms with van der Waals surface area (Å²) in [6.45, 7) is 21.2. The number of hydrogen-bond donors (Lipinski definition) is 0. The summed E-state index contributed by atoms with van der Waals surface area (Å²) >= 11 is 0. The highest BCUT2D eigenvalue weighted by Crippen LogP contribution is 2.49. The molecule has 4 heteroatoms. The van der Waals surface area contributed by atoms with Crippen molar-refractivity contribution in [3.05, 3.63) is 105 Å². The van der Waals surface area contributed by atoms with Gasteiger partial charge in [0.2, 0.25) is 0 Å². The average molecular weight is 490 g/mol. The van der Waals surface area contributed by atoms with Gasteiger partial charge in [0.15, 0.2) is 0 Å². The van der Waals surface area contributed by atoms with Crippen molar-refractivity contribution in [2.24, 2.45) is 0 Å². The van der Waals surface area contributed by atoms with E-state index in [0.717, 1.165) is 37.1 Å². The lowest BCUT2D eigenvalue weighted by molar-refractivity contribution is 0.0143. The van der Waals surface area contributed by atoms with Crippen LogP contribution in [0.2, 0.25) is 0 Å². The van der Waals surface area contributed by atoms with Gasteiger partial charge in [-0.25, -0.2) is 10.1 Å². The van der Waals surface area contributed by atoms with E-state index in [-0.39, 0.29) is 16.5 Å². The summed E-state index contributed by atoms with van der Waals surface area (Å²) < 4.78 is 6.55. The van der Waals surface area contributed by atoms with Crippen LogP contribution in [-0.2, 0) is 21.2 Å². The molecule has 0 amide bonds. The van der Waals surface area contributed by atoms with Crippen molar-refractivity contribution < 1.29 is 4.74 Å². The van der Waals surface area contributed by atoms with E-state index >= 15 is 0 Å². The molecule has 3 aliphatic rings. The zero-order valence-electron chi connectivity index (χ0n) is 22.6. The number of ether oxygens (including phenoxy) is 1. The quantitative estimate of drug-likeness (QED) is 0.326. The van der Waals surface area contributed by atoms with Gasteiger partial charge < -0.3 is 9.64 Å². The smallest absolute Gasteiger partial charge is 0.265 e. The second-order valence-corrected chi connectivity index (χ2v) is 12.1. The fraction of sp³-hybridized carbons (Fsp3) is 0.394. The highest BCUT2D eigenvalue weighted by atomic mass is 16.5. The number of rotatable bonds is 3. The van der Waals surface area contributed by atoms with Crippen LogP contribution in [0.5, 0.6) is 0 Å². The Morgan fingerprint density at radius 1 is 1.00 bits per heavy atom. The van der Waals surface area contributed by atoms with Crippen LogP contribution >= 0.6 is 0 Å². The minimum atomic E-state index is -0.663. The van der Waals surface area contributed by atoms with Crippen LogP contribution in [0.3, 0.4) is 0 Å². The van der Waals surface area contributed by atoms with Crippen molar-refractivity contribution in [1.29, 1.82) is 5.26 Å². The Kier molecular flexibility index (Phi) is 6.04. The van der Waals surface area contributed by atoms with Gasteiger partial charge in [-0.05, 0) is 82.7 Å². The van der Waals surface area contributed by atoms with E-state index in [9.17, 15) is 5.26 Å². The standard InChI is InChI=1S/C33H35N3O/c1-31(2)14-16-36-17-15-32(3,4)28-19-23(18-27(31)30(28)36)12-13-26-20-24(29(22-34)35-6)21-33(5,37-26)25-10-8-7-9-11-25/h7-13,18-20H,14-17,21H2,1-5H3. The molecule has 2 aromatic rings. The second-order valence-electron chi connectivity index (χ2n) is 12.1. The average Bonchev–Trinajstić information content (AvgIpc) is 2.87. The van der Waals surface area contributed by atoms with Crippen LogP contribution < -0.4 is 4.90 Å². The molecule has 0 fully saturated rings. The predicted octanol–water partition coefficient (Wildman–Crippen LogP) is 7.79. The summed E-state index contributed by atoms with van der Waals surface area (Å²) in [7, 11) is 0. The number of anilines is 1. The molecule has 0 N–H and O–H groups in total. The topological polar surface area (TPSA) is 40.6 Å². The van der Waals surface area contributed by atoms with Crippen molar-refractivity contribution in [3.63, 3.8) is 0 Å². The predicted molar refractivity (Wildman–Crippen MR) is 150 cm³/mol. The minimum Gasteiger partial charge on any atom is -0.483 e. The number of nitrogens with zero attached hydrogens (tertiary/aromatic N) is 3. The third-order valence-electron chi connectivity index (χ3n) is 8.45. The van der Waals surface area contributed by atoms with E-state index in [1.165, 1.54) is 16.8 Å². The molecule has 0 aromatic heterocycles. The van der Waals surface area contributed by atoms with Crippen molar-refractivity contribution in [1.82, 2.24) is 0 Å². The third kappa shape index (κ3) is 4.47. The number of allylic oxidation sites excluding steroid dienone is 3. The molecule has 37 heavy (non-hydrogen) atoms. The van der Waals surface area contributed by atoms with Crippen LogP contribution in [-0.4, -0.2) is 13.1 Å². The monoisotopic (exact) mass is 489 g/mol. The largest absolute Gasteiger partial charge is 0.483 e. The molecule has 0 spiro atoms. The van der Waals surface area contributed by atoms with Crippen molar-refractivity contribution >= 4 is 11.8 Å². The third-order valence-corrected chi connectivity index (χ3v) is 8.45. The zero-order valence-corrected chi connectivity index (χ0v) is 22.6. The lowest BCUT2D eigenvalue weighted by atomic mass is 9.69. The minimum absolute atomic E-state index is 0.123. The Morgan fingerprint density at radius 2 is 1.62 bits per heavy atom. The van der Waals surface area contributed by atoms with Gasteiger partial charge in [0, 0.05) is 25.2 Å². The first-order valence-corrected chi connectivity index (χ1v) is 13.2. The van der Waals surface area contributed by atoms with E-state index < -0.39 is 5.60 Å². The molecule has 1 unspecified atom stereocenters. The highest BCUT2D eigenvalue weighted by Gasteiger charge is 2.40. The van der Waals surface area contributed by atoms with Crippen LogP contribution in [0.4, 0.5) is 5.69 Å². The summed E-state index contributed by atoms with van der Waals surface area (Å²) in [6.07, 6.45) is 8.76. The summed E-state index contributed by atoms with van der Waals surface area (Å²) in [5.74, 6) is 0.663. The lowest BCUT2D eigenvalue weighted by Gasteiger charge is -2.48. The molecule has 188 valence electrons. The highest BCUT2D eigenvalue weighted by molar-refractivity contribution is 5.72. The maximum atomic E-state index is 9.59. The molecule has 3 aliphatic heterocycles. The first-order valence-electron chi connectivity index (χ1n) is 13.2.